The molecule has 0 aliphatic carbocycles. The minimum absolute atomic E-state index is 0.247. The number of esters is 1. The Labute approximate surface area is 100 Å². The van der Waals surface area contributed by atoms with Crippen LogP contribution in [0.25, 0.3) is 0 Å². The van der Waals surface area contributed by atoms with Crippen LogP contribution in [0.1, 0.15) is 28.8 Å². The van der Waals surface area contributed by atoms with Crippen molar-refractivity contribution < 1.29 is 14.3 Å². The monoisotopic (exact) mass is 230 g/mol. The van der Waals surface area contributed by atoms with Crippen molar-refractivity contribution >= 4 is 5.97 Å². The predicted octanol–water partition coefficient (Wildman–Crippen LogP) is 2.42. The molecule has 88 valence electrons. The first kappa shape index (κ1) is 10.5. The van der Waals surface area contributed by atoms with Crippen molar-refractivity contribution in [2.75, 3.05) is 7.11 Å². The molecule has 1 aromatic carbocycles. The Morgan fingerprint density at radius 1 is 1.53 bits per heavy atom. The molecule has 3 rings (SSSR count). The lowest BCUT2D eigenvalue weighted by atomic mass is 9.87. The zero-order valence-corrected chi connectivity index (χ0v) is 9.68. The number of carbonyl (C=O) groups excluding carboxylic acids is 1. The number of methoxy groups -OCH3 is 1. The van der Waals surface area contributed by atoms with Gasteiger partial charge < -0.3 is 9.47 Å². The molecule has 0 spiro atoms. The molecule has 17 heavy (non-hydrogen) atoms. The first-order valence-electron chi connectivity index (χ1n) is 5.79. The van der Waals surface area contributed by atoms with E-state index in [1.165, 1.54) is 7.11 Å². The molecule has 2 aliphatic rings. The van der Waals surface area contributed by atoms with E-state index in [9.17, 15) is 4.79 Å². The van der Waals surface area contributed by atoms with Gasteiger partial charge in [0.15, 0.2) is 0 Å². The second-order valence-corrected chi connectivity index (χ2v) is 4.52. The summed E-state index contributed by atoms with van der Waals surface area (Å²) >= 11 is 0. The first-order chi connectivity index (χ1) is 8.23. The molecule has 2 unspecified atom stereocenters. The minimum Gasteiger partial charge on any atom is -0.465 e. The highest BCUT2D eigenvalue weighted by molar-refractivity contribution is 5.89. The molecule has 1 aromatic rings. The molecule has 3 nitrogen and oxygen atoms in total. The molecule has 0 amide bonds. The van der Waals surface area contributed by atoms with Gasteiger partial charge in [0.1, 0.15) is 5.60 Å². The molecular formula is C14H14O3. The van der Waals surface area contributed by atoms with E-state index in [0.29, 0.717) is 5.56 Å². The van der Waals surface area contributed by atoms with Crippen molar-refractivity contribution in [1.82, 2.24) is 0 Å². The summed E-state index contributed by atoms with van der Waals surface area (Å²) in [5.74, 6) is -0.306. The third kappa shape index (κ3) is 1.58. The number of carbonyl (C=O) groups is 1. The lowest BCUT2D eigenvalue weighted by Crippen LogP contribution is -2.20. The van der Waals surface area contributed by atoms with Crippen LogP contribution in [0.2, 0.25) is 0 Å². The summed E-state index contributed by atoms with van der Waals surface area (Å²) in [6, 6.07) is 7.50. The van der Waals surface area contributed by atoms with Crippen LogP contribution in [-0.4, -0.2) is 19.2 Å². The van der Waals surface area contributed by atoms with Crippen LogP contribution in [-0.2, 0) is 15.1 Å². The van der Waals surface area contributed by atoms with E-state index in [4.69, 9.17) is 9.47 Å². The van der Waals surface area contributed by atoms with E-state index < -0.39 is 0 Å². The summed E-state index contributed by atoms with van der Waals surface area (Å²) in [7, 11) is 1.39. The SMILES string of the molecule is COC(=O)c1cccc(C23C=CC(CC2)O3)c1. The summed E-state index contributed by atoms with van der Waals surface area (Å²) < 4.78 is 10.7. The molecular weight excluding hydrogens is 216 g/mol. The van der Waals surface area contributed by atoms with E-state index >= 15 is 0 Å². The van der Waals surface area contributed by atoms with Crippen LogP contribution in [0, 0.1) is 0 Å². The van der Waals surface area contributed by atoms with Crippen molar-refractivity contribution in [1.29, 1.82) is 0 Å². The van der Waals surface area contributed by atoms with Crippen molar-refractivity contribution in [3.05, 3.63) is 47.5 Å². The van der Waals surface area contributed by atoms with Crippen molar-refractivity contribution in [3.63, 3.8) is 0 Å². The zero-order valence-electron chi connectivity index (χ0n) is 9.68. The van der Waals surface area contributed by atoms with Gasteiger partial charge in [0.25, 0.3) is 0 Å². The van der Waals surface area contributed by atoms with Crippen LogP contribution in [0.5, 0.6) is 0 Å². The lowest BCUT2D eigenvalue weighted by Gasteiger charge is -2.23. The van der Waals surface area contributed by atoms with Crippen molar-refractivity contribution in [2.24, 2.45) is 0 Å². The Morgan fingerprint density at radius 3 is 3.00 bits per heavy atom. The van der Waals surface area contributed by atoms with Crippen LogP contribution < -0.4 is 0 Å². The molecule has 0 N–H and O–H groups in total. The quantitative estimate of drug-likeness (QED) is 0.578. The molecule has 3 heteroatoms. The summed E-state index contributed by atoms with van der Waals surface area (Å²) in [4.78, 5) is 11.5. The summed E-state index contributed by atoms with van der Waals surface area (Å²) in [6.07, 6.45) is 6.50. The number of hydrogen-bond acceptors (Lipinski definition) is 3. The fraction of sp³-hybridized carbons (Fsp3) is 0.357. The maximum atomic E-state index is 11.5. The van der Waals surface area contributed by atoms with E-state index in [2.05, 4.69) is 12.2 Å². The Bertz CT molecular complexity index is 492. The average Bonchev–Trinajstić information content (AvgIpc) is 2.99. The van der Waals surface area contributed by atoms with Gasteiger partial charge in [0.05, 0.1) is 18.8 Å². The third-order valence-corrected chi connectivity index (χ3v) is 3.51. The Kier molecular flexibility index (Phi) is 2.30. The second-order valence-electron chi connectivity index (χ2n) is 4.52. The topological polar surface area (TPSA) is 35.5 Å². The lowest BCUT2D eigenvalue weighted by molar-refractivity contribution is 0.0295. The van der Waals surface area contributed by atoms with Crippen LogP contribution >= 0.6 is 0 Å². The van der Waals surface area contributed by atoms with E-state index in [1.54, 1.807) is 6.07 Å². The van der Waals surface area contributed by atoms with Gasteiger partial charge in [0, 0.05) is 0 Å². The predicted molar refractivity (Wildman–Crippen MR) is 62.7 cm³/mol. The van der Waals surface area contributed by atoms with E-state index in [0.717, 1.165) is 18.4 Å². The molecule has 1 fully saturated rings. The fourth-order valence-corrected chi connectivity index (χ4v) is 2.60. The molecule has 2 heterocycles. The molecule has 1 saturated heterocycles. The van der Waals surface area contributed by atoms with Crippen molar-refractivity contribution in [3.8, 4) is 0 Å². The number of hydrogen-bond donors (Lipinski definition) is 0. The highest BCUT2D eigenvalue weighted by Gasteiger charge is 2.43. The number of rotatable bonds is 2. The number of fused-ring (bicyclic) bond motifs is 2. The maximum Gasteiger partial charge on any atom is 0.337 e. The smallest absolute Gasteiger partial charge is 0.337 e. The molecule has 0 radical (unpaired) electrons. The van der Waals surface area contributed by atoms with Gasteiger partial charge >= 0.3 is 5.97 Å². The Balaban J connectivity index is 1.99. The number of ether oxygens (including phenoxy) is 2. The minimum atomic E-state index is -0.311. The highest BCUT2D eigenvalue weighted by atomic mass is 16.5. The highest BCUT2D eigenvalue weighted by Crippen LogP contribution is 2.45. The van der Waals surface area contributed by atoms with Gasteiger partial charge in [0.2, 0.25) is 0 Å². The van der Waals surface area contributed by atoms with E-state index in [1.807, 2.05) is 18.2 Å². The largest absolute Gasteiger partial charge is 0.465 e. The van der Waals surface area contributed by atoms with Gasteiger partial charge in [-0.3, -0.25) is 0 Å². The second kappa shape index (κ2) is 3.70. The van der Waals surface area contributed by atoms with Gasteiger partial charge in [-0.05, 0) is 36.6 Å². The molecule has 2 bridgehead atoms. The van der Waals surface area contributed by atoms with Crippen molar-refractivity contribution in [2.45, 2.75) is 24.5 Å². The van der Waals surface area contributed by atoms with Gasteiger partial charge in [-0.1, -0.05) is 18.2 Å². The van der Waals surface area contributed by atoms with E-state index in [-0.39, 0.29) is 17.7 Å². The van der Waals surface area contributed by atoms with Crippen LogP contribution in [0.4, 0.5) is 0 Å². The normalized spacial score (nSPS) is 29.6. The van der Waals surface area contributed by atoms with Gasteiger partial charge in [-0.25, -0.2) is 4.79 Å². The summed E-state index contributed by atoms with van der Waals surface area (Å²) in [6.45, 7) is 0. The average molecular weight is 230 g/mol. The van der Waals surface area contributed by atoms with Crippen LogP contribution in [0.15, 0.2) is 36.4 Å². The maximum absolute atomic E-state index is 11.5. The standard InChI is InChI=1S/C14H14O3/c1-16-13(15)10-3-2-4-11(9-10)14-7-5-12(17-14)6-8-14/h2-5,7,9,12H,6,8H2,1H3. The zero-order chi connectivity index (χ0) is 11.9. The fourth-order valence-electron chi connectivity index (χ4n) is 2.60. The van der Waals surface area contributed by atoms with Gasteiger partial charge in [-0.2, -0.15) is 0 Å². The Hall–Kier alpha value is -1.61. The molecule has 2 atom stereocenters. The first-order valence-corrected chi connectivity index (χ1v) is 5.79. The Morgan fingerprint density at radius 2 is 2.41 bits per heavy atom. The third-order valence-electron chi connectivity index (χ3n) is 3.51. The van der Waals surface area contributed by atoms with Gasteiger partial charge in [-0.15, -0.1) is 0 Å². The van der Waals surface area contributed by atoms with Crippen LogP contribution in [0.3, 0.4) is 0 Å². The summed E-state index contributed by atoms with van der Waals surface area (Å²) in [5.41, 5.74) is 1.30. The molecule has 0 saturated carbocycles. The molecule has 2 aliphatic heterocycles. The number of benzene rings is 1. The summed E-state index contributed by atoms with van der Waals surface area (Å²) in [5, 5.41) is 0. The molecule has 0 aromatic heterocycles.